The van der Waals surface area contributed by atoms with Gasteiger partial charge in [0.25, 0.3) is 5.91 Å². The Morgan fingerprint density at radius 3 is 2.70 bits per heavy atom. The maximum Gasteiger partial charge on any atom is 0.265 e. The Morgan fingerprint density at radius 2 is 1.93 bits per heavy atom. The van der Waals surface area contributed by atoms with E-state index >= 15 is 0 Å². The monoisotopic (exact) mass is 422 g/mol. The highest BCUT2D eigenvalue weighted by Crippen LogP contribution is 2.32. The summed E-state index contributed by atoms with van der Waals surface area (Å²) < 4.78 is 5.43. The average Bonchev–Trinajstić information content (AvgIpc) is 3.21. The number of carbonyl (C=O) groups is 2. The zero-order chi connectivity index (χ0) is 21.1. The summed E-state index contributed by atoms with van der Waals surface area (Å²) in [5.74, 6) is 0.734. The minimum absolute atomic E-state index is 0.0198. The number of hydrogen-bond donors (Lipinski definition) is 1. The van der Waals surface area contributed by atoms with Crippen LogP contribution in [0.2, 0.25) is 0 Å². The molecule has 0 radical (unpaired) electrons. The first kappa shape index (κ1) is 20.0. The third-order valence-corrected chi connectivity index (χ3v) is 5.75. The van der Waals surface area contributed by atoms with Gasteiger partial charge in [-0.3, -0.25) is 9.59 Å². The fraction of sp³-hybridized carbons (Fsp3) is 0.273. The third kappa shape index (κ3) is 4.33. The summed E-state index contributed by atoms with van der Waals surface area (Å²) in [4.78, 5) is 26.2. The van der Waals surface area contributed by atoms with Gasteiger partial charge in [-0.05, 0) is 23.6 Å². The second-order valence-electron chi connectivity index (χ2n) is 7.29. The predicted molar refractivity (Wildman–Crippen MR) is 117 cm³/mol. The maximum absolute atomic E-state index is 12.4. The largest absolute Gasteiger partial charge is 0.482 e. The van der Waals surface area contributed by atoms with Crippen LogP contribution < -0.4 is 15.0 Å². The number of anilines is 2. The molecule has 0 aliphatic carbocycles. The van der Waals surface area contributed by atoms with Gasteiger partial charge in [0, 0.05) is 18.5 Å². The molecular weight excluding hydrogens is 400 g/mol. The highest BCUT2D eigenvalue weighted by molar-refractivity contribution is 7.18. The average molecular weight is 423 g/mol. The summed E-state index contributed by atoms with van der Waals surface area (Å²) >= 11 is 1.32. The summed E-state index contributed by atoms with van der Waals surface area (Å²) in [5.41, 5.74) is 2.91. The van der Waals surface area contributed by atoms with Crippen LogP contribution in [-0.2, 0) is 9.59 Å². The van der Waals surface area contributed by atoms with Crippen molar-refractivity contribution in [1.82, 2.24) is 10.2 Å². The number of rotatable bonds is 6. The van der Waals surface area contributed by atoms with Crippen LogP contribution in [0.5, 0.6) is 5.75 Å². The highest BCUT2D eigenvalue weighted by atomic mass is 32.1. The number of hydrogen-bond acceptors (Lipinski definition) is 6. The van der Waals surface area contributed by atoms with Crippen LogP contribution in [0.4, 0.5) is 10.8 Å². The van der Waals surface area contributed by atoms with Crippen molar-refractivity contribution < 1.29 is 14.3 Å². The number of nitrogens with zero attached hydrogens (tertiary/aromatic N) is 3. The van der Waals surface area contributed by atoms with Gasteiger partial charge in [0.05, 0.1) is 5.69 Å². The van der Waals surface area contributed by atoms with Gasteiger partial charge in [-0.2, -0.15) is 0 Å². The third-order valence-electron chi connectivity index (χ3n) is 4.87. The molecule has 2 amide bonds. The standard InChI is InChI=1S/C22H22N4O3S/c1-14(2)15-7-9-16(10-8-15)21-24-25-22(30-21)23-19(27)11-12-26-17-5-3-4-6-18(17)29-13-20(26)28/h3-10,14H,11-13H2,1-2H3,(H,23,25,27). The number of nitrogens with one attached hydrogen (secondary N) is 1. The van der Waals surface area contributed by atoms with E-state index in [0.29, 0.717) is 22.5 Å². The van der Waals surface area contributed by atoms with E-state index in [-0.39, 0.29) is 31.4 Å². The summed E-state index contributed by atoms with van der Waals surface area (Å²) in [5, 5.41) is 12.2. The van der Waals surface area contributed by atoms with Gasteiger partial charge in [-0.15, -0.1) is 10.2 Å². The van der Waals surface area contributed by atoms with Gasteiger partial charge in [0.2, 0.25) is 11.0 Å². The first-order chi connectivity index (χ1) is 14.5. The van der Waals surface area contributed by atoms with E-state index in [1.807, 2.05) is 36.4 Å². The molecule has 1 aliphatic rings. The molecule has 0 atom stereocenters. The predicted octanol–water partition coefficient (Wildman–Crippen LogP) is 4.08. The number of fused-ring (bicyclic) bond motifs is 1. The van der Waals surface area contributed by atoms with Gasteiger partial charge in [-0.1, -0.05) is 61.6 Å². The lowest BCUT2D eigenvalue weighted by molar-refractivity contribution is -0.121. The van der Waals surface area contributed by atoms with Crippen LogP contribution in [-0.4, -0.2) is 35.2 Å². The van der Waals surface area contributed by atoms with Crippen LogP contribution in [0.25, 0.3) is 10.6 Å². The van der Waals surface area contributed by atoms with Crippen molar-refractivity contribution in [3.63, 3.8) is 0 Å². The molecule has 1 aliphatic heterocycles. The lowest BCUT2D eigenvalue weighted by Gasteiger charge is -2.29. The molecule has 8 heteroatoms. The SMILES string of the molecule is CC(C)c1ccc(-c2nnc(NC(=O)CCN3C(=O)COc4ccccc43)s2)cc1. The van der Waals surface area contributed by atoms with E-state index in [0.717, 1.165) is 10.6 Å². The van der Waals surface area contributed by atoms with E-state index < -0.39 is 0 Å². The van der Waals surface area contributed by atoms with Crippen LogP contribution in [0.3, 0.4) is 0 Å². The Labute approximate surface area is 178 Å². The number of benzene rings is 2. The zero-order valence-electron chi connectivity index (χ0n) is 16.8. The Morgan fingerprint density at radius 1 is 1.17 bits per heavy atom. The molecule has 2 aromatic carbocycles. The van der Waals surface area contributed by atoms with E-state index in [1.165, 1.54) is 16.9 Å². The zero-order valence-corrected chi connectivity index (χ0v) is 17.6. The summed E-state index contributed by atoms with van der Waals surface area (Å²) in [6, 6.07) is 15.5. The summed E-state index contributed by atoms with van der Waals surface area (Å²) in [6.45, 7) is 4.55. The summed E-state index contributed by atoms with van der Waals surface area (Å²) in [6.07, 6.45) is 0.151. The van der Waals surface area contributed by atoms with Crippen molar-refractivity contribution in [2.45, 2.75) is 26.2 Å². The number of amides is 2. The Hall–Kier alpha value is -3.26. The van der Waals surface area contributed by atoms with Crippen LogP contribution in [0.15, 0.2) is 48.5 Å². The molecule has 1 aromatic heterocycles. The van der Waals surface area contributed by atoms with Crippen LogP contribution >= 0.6 is 11.3 Å². The van der Waals surface area contributed by atoms with Crippen molar-refractivity contribution in [2.24, 2.45) is 0 Å². The molecule has 1 N–H and O–H groups in total. The first-order valence-corrected chi connectivity index (χ1v) is 10.6. The van der Waals surface area contributed by atoms with Gasteiger partial charge in [0.15, 0.2) is 6.61 Å². The Balaban J connectivity index is 1.37. The Kier molecular flexibility index (Phi) is 5.76. The van der Waals surface area contributed by atoms with Crippen molar-refractivity contribution >= 4 is 34.0 Å². The fourth-order valence-electron chi connectivity index (χ4n) is 3.20. The number of para-hydroxylation sites is 2. The number of ether oxygens (including phenoxy) is 1. The molecule has 0 saturated heterocycles. The molecular formula is C22H22N4O3S. The molecule has 0 bridgehead atoms. The van der Waals surface area contributed by atoms with Crippen LogP contribution in [0.1, 0.15) is 31.7 Å². The molecule has 154 valence electrons. The van der Waals surface area contributed by atoms with Gasteiger partial charge in [-0.25, -0.2) is 0 Å². The lowest BCUT2D eigenvalue weighted by atomic mass is 10.0. The molecule has 7 nitrogen and oxygen atoms in total. The second kappa shape index (κ2) is 8.62. The molecule has 2 heterocycles. The van der Waals surface area contributed by atoms with E-state index in [1.54, 1.807) is 4.90 Å². The van der Waals surface area contributed by atoms with Crippen molar-refractivity contribution in [3.05, 3.63) is 54.1 Å². The molecule has 3 aromatic rings. The van der Waals surface area contributed by atoms with Crippen molar-refractivity contribution in [1.29, 1.82) is 0 Å². The summed E-state index contributed by atoms with van der Waals surface area (Å²) in [7, 11) is 0. The fourth-order valence-corrected chi connectivity index (χ4v) is 3.96. The molecule has 30 heavy (non-hydrogen) atoms. The van der Waals surface area contributed by atoms with E-state index in [2.05, 4.69) is 41.5 Å². The maximum atomic E-state index is 12.4. The molecule has 4 rings (SSSR count). The number of carbonyl (C=O) groups excluding carboxylic acids is 2. The number of aromatic nitrogens is 2. The molecule has 0 fully saturated rings. The Bertz CT molecular complexity index is 1060. The van der Waals surface area contributed by atoms with Crippen molar-refractivity contribution in [2.75, 3.05) is 23.4 Å². The topological polar surface area (TPSA) is 84.4 Å². The van der Waals surface area contributed by atoms with E-state index in [9.17, 15) is 9.59 Å². The minimum atomic E-state index is -0.218. The van der Waals surface area contributed by atoms with Crippen LogP contribution in [0, 0.1) is 0 Å². The highest BCUT2D eigenvalue weighted by Gasteiger charge is 2.25. The normalized spacial score (nSPS) is 13.2. The first-order valence-electron chi connectivity index (χ1n) is 9.77. The smallest absolute Gasteiger partial charge is 0.265 e. The van der Waals surface area contributed by atoms with Crippen molar-refractivity contribution in [3.8, 4) is 16.3 Å². The molecule has 0 unspecified atom stereocenters. The minimum Gasteiger partial charge on any atom is -0.482 e. The van der Waals surface area contributed by atoms with E-state index in [4.69, 9.17) is 4.74 Å². The van der Waals surface area contributed by atoms with Gasteiger partial charge in [0.1, 0.15) is 10.8 Å². The quantitative estimate of drug-likeness (QED) is 0.647. The van der Waals surface area contributed by atoms with Gasteiger partial charge < -0.3 is 15.0 Å². The lowest BCUT2D eigenvalue weighted by Crippen LogP contribution is -2.40. The second-order valence-corrected chi connectivity index (χ2v) is 8.27. The molecule has 0 spiro atoms. The molecule has 0 saturated carbocycles. The van der Waals surface area contributed by atoms with Gasteiger partial charge >= 0.3 is 0 Å².